The lowest BCUT2D eigenvalue weighted by Crippen LogP contribution is -2.12. The maximum absolute atomic E-state index is 11.1. The van der Waals surface area contributed by atoms with Gasteiger partial charge in [-0.3, -0.25) is 0 Å². The molecule has 100 valence electrons. The first kappa shape index (κ1) is 14.4. The monoisotopic (exact) mass is 252 g/mol. The summed E-state index contributed by atoms with van der Waals surface area (Å²) in [4.78, 5) is 11.1. The van der Waals surface area contributed by atoms with E-state index in [9.17, 15) is 4.79 Å². The van der Waals surface area contributed by atoms with Gasteiger partial charge in [-0.25, -0.2) is 4.79 Å². The van der Waals surface area contributed by atoms with Crippen molar-refractivity contribution in [1.82, 2.24) is 0 Å². The molecule has 4 nitrogen and oxygen atoms in total. The summed E-state index contributed by atoms with van der Waals surface area (Å²) in [6.45, 7) is 4.74. The second kappa shape index (κ2) is 6.89. The molecule has 0 aliphatic carbocycles. The van der Waals surface area contributed by atoms with Gasteiger partial charge in [-0.05, 0) is 24.1 Å². The SMILES string of the molecule is CCC(CC)COc1ccc(OC)cc1C(=O)O. The molecule has 0 unspecified atom stereocenters. The summed E-state index contributed by atoms with van der Waals surface area (Å²) in [5, 5.41) is 9.13. The van der Waals surface area contributed by atoms with Crippen molar-refractivity contribution in [3.63, 3.8) is 0 Å². The van der Waals surface area contributed by atoms with Gasteiger partial charge in [-0.15, -0.1) is 0 Å². The van der Waals surface area contributed by atoms with Crippen LogP contribution >= 0.6 is 0 Å². The molecule has 0 saturated heterocycles. The Balaban J connectivity index is 2.84. The second-order valence-corrected chi connectivity index (χ2v) is 4.16. The highest BCUT2D eigenvalue weighted by Crippen LogP contribution is 2.25. The molecular formula is C14H20O4. The highest BCUT2D eigenvalue weighted by molar-refractivity contribution is 5.91. The van der Waals surface area contributed by atoms with Crippen molar-refractivity contribution in [2.24, 2.45) is 5.92 Å². The number of hydrogen-bond donors (Lipinski definition) is 1. The number of hydrogen-bond acceptors (Lipinski definition) is 3. The van der Waals surface area contributed by atoms with Gasteiger partial charge in [0.2, 0.25) is 0 Å². The Labute approximate surface area is 108 Å². The molecule has 0 heterocycles. The fraction of sp³-hybridized carbons (Fsp3) is 0.500. The lowest BCUT2D eigenvalue weighted by Gasteiger charge is -2.15. The highest BCUT2D eigenvalue weighted by Gasteiger charge is 2.14. The van der Waals surface area contributed by atoms with Crippen molar-refractivity contribution in [3.8, 4) is 11.5 Å². The van der Waals surface area contributed by atoms with Gasteiger partial charge in [0.05, 0.1) is 13.7 Å². The number of carboxylic acid groups (broad SMARTS) is 1. The molecular weight excluding hydrogens is 232 g/mol. The zero-order chi connectivity index (χ0) is 13.5. The normalized spacial score (nSPS) is 10.4. The lowest BCUT2D eigenvalue weighted by atomic mass is 10.1. The van der Waals surface area contributed by atoms with Gasteiger partial charge < -0.3 is 14.6 Å². The van der Waals surface area contributed by atoms with Gasteiger partial charge in [0.25, 0.3) is 0 Å². The molecule has 0 aliphatic rings. The van der Waals surface area contributed by atoms with E-state index >= 15 is 0 Å². The largest absolute Gasteiger partial charge is 0.497 e. The summed E-state index contributed by atoms with van der Waals surface area (Å²) in [5.41, 5.74) is 0.139. The minimum atomic E-state index is -1.01. The van der Waals surface area contributed by atoms with Crippen molar-refractivity contribution in [2.75, 3.05) is 13.7 Å². The summed E-state index contributed by atoms with van der Waals surface area (Å²) >= 11 is 0. The Morgan fingerprint density at radius 3 is 2.50 bits per heavy atom. The molecule has 0 radical (unpaired) electrons. The fourth-order valence-electron chi connectivity index (χ4n) is 1.66. The second-order valence-electron chi connectivity index (χ2n) is 4.16. The molecule has 1 rings (SSSR count). The minimum absolute atomic E-state index is 0.139. The maximum atomic E-state index is 11.1. The quantitative estimate of drug-likeness (QED) is 0.809. The zero-order valence-electron chi connectivity index (χ0n) is 11.1. The number of carbonyl (C=O) groups is 1. The van der Waals surface area contributed by atoms with Crippen LogP contribution in [0.2, 0.25) is 0 Å². The predicted molar refractivity (Wildman–Crippen MR) is 69.5 cm³/mol. The molecule has 0 fully saturated rings. The van der Waals surface area contributed by atoms with Crippen LogP contribution in [0.3, 0.4) is 0 Å². The first-order chi connectivity index (χ1) is 8.62. The zero-order valence-corrected chi connectivity index (χ0v) is 11.1. The Kier molecular flexibility index (Phi) is 5.49. The van der Waals surface area contributed by atoms with Crippen molar-refractivity contribution < 1.29 is 19.4 Å². The van der Waals surface area contributed by atoms with Gasteiger partial charge in [0, 0.05) is 0 Å². The third-order valence-corrected chi connectivity index (χ3v) is 3.05. The Morgan fingerprint density at radius 1 is 1.33 bits per heavy atom. The smallest absolute Gasteiger partial charge is 0.339 e. The molecule has 1 aromatic carbocycles. The molecule has 0 aromatic heterocycles. The molecule has 18 heavy (non-hydrogen) atoms. The first-order valence-electron chi connectivity index (χ1n) is 6.16. The van der Waals surface area contributed by atoms with Crippen LogP contribution in [0.4, 0.5) is 0 Å². The summed E-state index contributed by atoms with van der Waals surface area (Å²) in [6, 6.07) is 4.82. The Bertz CT molecular complexity index is 397. The van der Waals surface area contributed by atoms with Gasteiger partial charge in [-0.2, -0.15) is 0 Å². The third kappa shape index (κ3) is 3.65. The van der Waals surface area contributed by atoms with Crippen molar-refractivity contribution >= 4 is 5.97 Å². The lowest BCUT2D eigenvalue weighted by molar-refractivity contribution is 0.0690. The number of methoxy groups -OCH3 is 1. The van der Waals surface area contributed by atoms with Gasteiger partial charge in [0.1, 0.15) is 17.1 Å². The fourth-order valence-corrected chi connectivity index (χ4v) is 1.66. The van der Waals surface area contributed by atoms with E-state index in [-0.39, 0.29) is 5.56 Å². The van der Waals surface area contributed by atoms with E-state index in [1.165, 1.54) is 13.2 Å². The summed E-state index contributed by atoms with van der Waals surface area (Å²) in [5.74, 6) is 0.361. The topological polar surface area (TPSA) is 55.8 Å². The van der Waals surface area contributed by atoms with Crippen LogP contribution in [0, 0.1) is 5.92 Å². The minimum Gasteiger partial charge on any atom is -0.497 e. The van der Waals surface area contributed by atoms with Crippen LogP contribution in [0.25, 0.3) is 0 Å². The summed E-state index contributed by atoms with van der Waals surface area (Å²) < 4.78 is 10.6. The molecule has 1 N–H and O–H groups in total. The van der Waals surface area contributed by atoms with E-state index in [2.05, 4.69) is 13.8 Å². The van der Waals surface area contributed by atoms with Crippen LogP contribution in [-0.4, -0.2) is 24.8 Å². The van der Waals surface area contributed by atoms with E-state index in [1.54, 1.807) is 12.1 Å². The molecule has 0 spiro atoms. The molecule has 4 heteroatoms. The van der Waals surface area contributed by atoms with Crippen LogP contribution < -0.4 is 9.47 Å². The van der Waals surface area contributed by atoms with E-state index in [0.29, 0.717) is 24.0 Å². The third-order valence-electron chi connectivity index (χ3n) is 3.05. The highest BCUT2D eigenvalue weighted by atomic mass is 16.5. The average Bonchev–Trinajstić information content (AvgIpc) is 2.39. The average molecular weight is 252 g/mol. The van der Waals surface area contributed by atoms with E-state index in [4.69, 9.17) is 14.6 Å². The molecule has 0 bridgehead atoms. The summed E-state index contributed by atoms with van der Waals surface area (Å²) in [7, 11) is 1.51. The van der Waals surface area contributed by atoms with Gasteiger partial charge >= 0.3 is 5.97 Å². The van der Waals surface area contributed by atoms with Crippen LogP contribution in [0.5, 0.6) is 11.5 Å². The van der Waals surface area contributed by atoms with Crippen molar-refractivity contribution in [3.05, 3.63) is 23.8 Å². The van der Waals surface area contributed by atoms with Gasteiger partial charge in [-0.1, -0.05) is 26.7 Å². The van der Waals surface area contributed by atoms with Crippen LogP contribution in [-0.2, 0) is 0 Å². The van der Waals surface area contributed by atoms with Crippen LogP contribution in [0.15, 0.2) is 18.2 Å². The molecule has 0 saturated carbocycles. The molecule has 0 aliphatic heterocycles. The number of ether oxygens (including phenoxy) is 2. The summed E-state index contributed by atoms with van der Waals surface area (Å²) in [6.07, 6.45) is 2.05. The maximum Gasteiger partial charge on any atom is 0.339 e. The van der Waals surface area contributed by atoms with Gasteiger partial charge in [0.15, 0.2) is 0 Å². The Morgan fingerprint density at radius 2 is 2.00 bits per heavy atom. The predicted octanol–water partition coefficient (Wildman–Crippen LogP) is 3.21. The number of rotatable bonds is 7. The molecule has 1 aromatic rings. The number of carboxylic acids is 1. The van der Waals surface area contributed by atoms with Crippen LogP contribution in [0.1, 0.15) is 37.0 Å². The van der Waals surface area contributed by atoms with Crippen molar-refractivity contribution in [1.29, 1.82) is 0 Å². The number of aromatic carboxylic acids is 1. The number of benzene rings is 1. The molecule has 0 amide bonds. The first-order valence-corrected chi connectivity index (χ1v) is 6.16. The van der Waals surface area contributed by atoms with E-state index in [0.717, 1.165) is 12.8 Å². The molecule has 0 atom stereocenters. The van der Waals surface area contributed by atoms with E-state index in [1.807, 2.05) is 0 Å². The Hall–Kier alpha value is -1.71. The van der Waals surface area contributed by atoms with Crippen molar-refractivity contribution in [2.45, 2.75) is 26.7 Å². The standard InChI is InChI=1S/C14H20O4/c1-4-10(5-2)9-18-13-7-6-11(17-3)8-12(13)14(15)16/h6-8,10H,4-5,9H2,1-3H3,(H,15,16). The van der Waals surface area contributed by atoms with E-state index < -0.39 is 5.97 Å².